The van der Waals surface area contributed by atoms with E-state index in [9.17, 15) is 8.78 Å². The molecule has 1 heterocycles. The lowest BCUT2D eigenvalue weighted by atomic mass is 10.1. The number of allylic oxidation sites excluding steroid dienone is 1. The summed E-state index contributed by atoms with van der Waals surface area (Å²) in [6.07, 6.45) is 7.61. The Kier molecular flexibility index (Phi) is 8.85. The van der Waals surface area contributed by atoms with E-state index in [-0.39, 0.29) is 18.2 Å². The maximum absolute atomic E-state index is 13.4. The van der Waals surface area contributed by atoms with Crippen LogP contribution in [-0.4, -0.2) is 27.0 Å². The van der Waals surface area contributed by atoms with Crippen LogP contribution in [0.25, 0.3) is 5.70 Å². The first-order valence-electron chi connectivity index (χ1n) is 9.05. The fraction of sp³-hybridized carbons (Fsp3) is 0.550. The van der Waals surface area contributed by atoms with Gasteiger partial charge in [-0.05, 0) is 36.7 Å². The van der Waals surface area contributed by atoms with Gasteiger partial charge in [-0.1, -0.05) is 33.3 Å². The Bertz CT molecular complexity index is 635. The van der Waals surface area contributed by atoms with Gasteiger partial charge in [0, 0.05) is 30.9 Å². The molecule has 1 saturated carbocycles. The van der Waals surface area contributed by atoms with E-state index < -0.39 is 5.92 Å². The quantitative estimate of drug-likeness (QED) is 0.681. The smallest absolute Gasteiger partial charge is 0.268 e. The van der Waals surface area contributed by atoms with Crippen molar-refractivity contribution < 1.29 is 13.9 Å². The Morgan fingerprint density at radius 3 is 2.38 bits per heavy atom. The van der Waals surface area contributed by atoms with Gasteiger partial charge in [-0.25, -0.2) is 8.78 Å². The summed E-state index contributed by atoms with van der Waals surface area (Å²) < 4.78 is 26.9. The lowest BCUT2D eigenvalue weighted by Gasteiger charge is -2.25. The Labute approximate surface area is 158 Å². The van der Waals surface area contributed by atoms with Crippen LogP contribution in [0.2, 0.25) is 0 Å². The zero-order valence-electron chi connectivity index (χ0n) is 16.2. The van der Waals surface area contributed by atoms with E-state index in [4.69, 9.17) is 5.11 Å². The molecule has 0 radical (unpaired) electrons. The molecule has 0 aromatic carbocycles. The number of hydrogen-bond acceptors (Lipinski definition) is 3. The predicted molar refractivity (Wildman–Crippen MR) is 108 cm³/mol. The normalized spacial score (nSPS) is 14.5. The number of nitrogens with zero attached hydrogens (tertiary/aromatic N) is 2. The summed E-state index contributed by atoms with van der Waals surface area (Å²) >= 11 is 0. The minimum absolute atomic E-state index is 0.00201. The van der Waals surface area contributed by atoms with E-state index in [1.54, 1.807) is 17.2 Å². The van der Waals surface area contributed by atoms with Crippen molar-refractivity contribution in [1.29, 1.82) is 0 Å². The fourth-order valence-electron chi connectivity index (χ4n) is 2.06. The van der Waals surface area contributed by atoms with Gasteiger partial charge in [0.25, 0.3) is 5.92 Å². The van der Waals surface area contributed by atoms with Gasteiger partial charge in [-0.3, -0.25) is 4.98 Å². The van der Waals surface area contributed by atoms with Crippen molar-refractivity contribution in [3.63, 3.8) is 0 Å². The molecule has 1 aromatic rings. The Hall–Kier alpha value is -1.32. The number of aromatic nitrogens is 1. The summed E-state index contributed by atoms with van der Waals surface area (Å²) in [7, 11) is 2.56. The van der Waals surface area contributed by atoms with Gasteiger partial charge in [-0.15, -0.1) is 9.24 Å². The van der Waals surface area contributed by atoms with Crippen molar-refractivity contribution in [2.24, 2.45) is 0 Å². The lowest BCUT2D eigenvalue weighted by Crippen LogP contribution is -2.24. The van der Waals surface area contributed by atoms with Gasteiger partial charge in [0.1, 0.15) is 0 Å². The Morgan fingerprint density at radius 2 is 2.00 bits per heavy atom. The molecule has 146 valence electrons. The first kappa shape index (κ1) is 22.7. The van der Waals surface area contributed by atoms with Crippen LogP contribution < -0.4 is 5.30 Å². The minimum Gasteiger partial charge on any atom is -0.392 e. The van der Waals surface area contributed by atoms with Crippen molar-refractivity contribution >= 4 is 20.2 Å². The molecule has 1 atom stereocenters. The molecule has 2 rings (SSSR count). The maximum Gasteiger partial charge on any atom is 0.268 e. The molecule has 1 unspecified atom stereocenters. The second-order valence-corrected chi connectivity index (χ2v) is 7.35. The van der Waals surface area contributed by atoms with Crippen molar-refractivity contribution in [1.82, 2.24) is 9.88 Å². The van der Waals surface area contributed by atoms with E-state index in [0.717, 1.165) is 25.1 Å². The minimum atomic E-state index is -2.86. The first-order chi connectivity index (χ1) is 12.1. The SMILES string of the molecule is C=C(c1ncc(CO)cc1P)N(/C=C(\C)C(C)(F)F)C1CC1.CCCC. The van der Waals surface area contributed by atoms with Crippen LogP contribution in [0.5, 0.6) is 0 Å². The number of halogens is 2. The van der Waals surface area contributed by atoms with Gasteiger partial charge < -0.3 is 10.0 Å². The fourth-order valence-corrected chi connectivity index (χ4v) is 2.51. The Morgan fingerprint density at radius 1 is 1.42 bits per heavy atom. The van der Waals surface area contributed by atoms with Crippen molar-refractivity contribution in [3.8, 4) is 0 Å². The Balaban J connectivity index is 0.000000765. The van der Waals surface area contributed by atoms with Crippen molar-refractivity contribution in [2.75, 3.05) is 0 Å². The molecule has 1 aliphatic rings. The van der Waals surface area contributed by atoms with E-state index in [2.05, 4.69) is 34.7 Å². The topological polar surface area (TPSA) is 36.4 Å². The standard InChI is InChI=1S/C16H21F2N2OP.C4H10/c1-10(16(3,17)18)8-20(13-4-5-13)11(2)15-14(22)6-12(9-21)7-19-15;1-3-4-2/h6-8,13,21H,2,4-5,9,22H2,1,3H3;3-4H2,1-2H3/b10-8+;. The lowest BCUT2D eigenvalue weighted by molar-refractivity contribution is 0.0619. The third kappa shape index (κ3) is 6.77. The molecule has 26 heavy (non-hydrogen) atoms. The van der Waals surface area contributed by atoms with Crippen LogP contribution in [0.15, 0.2) is 30.6 Å². The number of aliphatic hydroxyl groups is 1. The average Bonchev–Trinajstić information content (AvgIpc) is 3.42. The summed E-state index contributed by atoms with van der Waals surface area (Å²) in [5.41, 5.74) is 1.93. The second-order valence-electron chi connectivity index (χ2n) is 6.73. The van der Waals surface area contributed by atoms with Crippen molar-refractivity contribution in [2.45, 2.75) is 71.9 Å². The van der Waals surface area contributed by atoms with Crippen LogP contribution >= 0.6 is 9.24 Å². The maximum atomic E-state index is 13.4. The largest absolute Gasteiger partial charge is 0.392 e. The van der Waals surface area contributed by atoms with Gasteiger partial charge in [-0.2, -0.15) is 0 Å². The van der Waals surface area contributed by atoms with E-state index in [0.29, 0.717) is 17.0 Å². The van der Waals surface area contributed by atoms with Gasteiger partial charge in [0.15, 0.2) is 0 Å². The highest BCUT2D eigenvalue weighted by molar-refractivity contribution is 7.27. The molecule has 6 heteroatoms. The summed E-state index contributed by atoms with van der Waals surface area (Å²) in [5, 5.41) is 9.92. The highest BCUT2D eigenvalue weighted by Gasteiger charge is 2.32. The molecular formula is C20H31F2N2OP. The molecule has 3 nitrogen and oxygen atoms in total. The van der Waals surface area contributed by atoms with E-state index in [1.165, 1.54) is 26.0 Å². The zero-order chi connectivity index (χ0) is 19.9. The summed E-state index contributed by atoms with van der Waals surface area (Å²) in [6, 6.07) is 2.00. The number of unbranched alkanes of at least 4 members (excludes halogenated alkanes) is 1. The first-order valence-corrected chi connectivity index (χ1v) is 9.62. The van der Waals surface area contributed by atoms with Gasteiger partial charge >= 0.3 is 0 Å². The monoisotopic (exact) mass is 384 g/mol. The van der Waals surface area contributed by atoms with Crippen LogP contribution in [0, 0.1) is 0 Å². The molecule has 1 fully saturated rings. The number of hydrogen-bond donors (Lipinski definition) is 1. The predicted octanol–water partition coefficient (Wildman–Crippen LogP) is 4.87. The zero-order valence-corrected chi connectivity index (χ0v) is 17.4. The molecule has 1 aromatic heterocycles. The third-order valence-electron chi connectivity index (χ3n) is 4.21. The van der Waals surface area contributed by atoms with E-state index in [1.807, 2.05) is 0 Å². The average molecular weight is 384 g/mol. The number of pyridine rings is 1. The van der Waals surface area contributed by atoms with Crippen LogP contribution in [0.1, 0.15) is 64.6 Å². The van der Waals surface area contributed by atoms with Gasteiger partial charge in [0.2, 0.25) is 0 Å². The van der Waals surface area contributed by atoms with Gasteiger partial charge in [0.05, 0.1) is 18.0 Å². The highest BCUT2D eigenvalue weighted by atomic mass is 31.0. The summed E-state index contributed by atoms with van der Waals surface area (Å²) in [4.78, 5) is 6.10. The number of alkyl halides is 2. The third-order valence-corrected chi connectivity index (χ3v) is 4.65. The summed E-state index contributed by atoms with van der Waals surface area (Å²) in [5.74, 6) is -2.86. The molecular weight excluding hydrogens is 353 g/mol. The van der Waals surface area contributed by atoms with E-state index >= 15 is 0 Å². The number of rotatable bonds is 7. The van der Waals surface area contributed by atoms with Crippen LogP contribution in [0.3, 0.4) is 0 Å². The second kappa shape index (κ2) is 10.1. The molecule has 0 bridgehead atoms. The van der Waals surface area contributed by atoms with Crippen LogP contribution in [0.4, 0.5) is 8.78 Å². The molecule has 0 saturated heterocycles. The van der Waals surface area contributed by atoms with Crippen LogP contribution in [-0.2, 0) is 6.61 Å². The molecule has 0 aliphatic heterocycles. The molecule has 1 aliphatic carbocycles. The highest BCUT2D eigenvalue weighted by Crippen LogP contribution is 2.35. The molecule has 0 spiro atoms. The van der Waals surface area contributed by atoms with Crippen molar-refractivity contribution in [3.05, 3.63) is 41.9 Å². The summed E-state index contributed by atoms with van der Waals surface area (Å²) in [6.45, 7) is 10.6. The molecule has 0 amide bonds. The molecule has 1 N–H and O–H groups in total. The number of aliphatic hydroxyl groups excluding tert-OH is 1.